The zero-order valence-corrected chi connectivity index (χ0v) is 22.7. The van der Waals surface area contributed by atoms with Crippen LogP contribution in [0.15, 0.2) is 29.1 Å². The predicted octanol–water partition coefficient (Wildman–Crippen LogP) is 1.87. The number of benzene rings is 1. The molecule has 0 aliphatic carbocycles. The fourth-order valence-electron chi connectivity index (χ4n) is 5.71. The second-order valence-electron chi connectivity index (χ2n) is 9.79. The van der Waals surface area contributed by atoms with Gasteiger partial charge in [0.25, 0.3) is 5.56 Å². The van der Waals surface area contributed by atoms with Crippen molar-refractivity contribution in [2.45, 2.75) is 38.5 Å². The first-order valence-corrected chi connectivity index (χ1v) is 13.4. The average molecular weight is 628 g/mol. The monoisotopic (exact) mass is 628 g/mol. The van der Waals surface area contributed by atoms with Crippen molar-refractivity contribution in [2.75, 3.05) is 25.4 Å². The van der Waals surface area contributed by atoms with Crippen LogP contribution in [0.4, 0.5) is 5.69 Å². The Kier molecular flexibility index (Phi) is 5.85. The average Bonchev–Trinajstić information content (AvgIpc) is 3.28. The van der Waals surface area contributed by atoms with Gasteiger partial charge in [-0.2, -0.15) is 0 Å². The minimum Gasteiger partial charge on any atom is -0.458 e. The number of aliphatic hydroxyl groups excluding tert-OH is 1. The lowest BCUT2D eigenvalue weighted by atomic mass is 9.86. The van der Waals surface area contributed by atoms with Gasteiger partial charge in [0.05, 0.1) is 29.0 Å². The van der Waals surface area contributed by atoms with E-state index in [1.165, 1.54) is 0 Å². The molecule has 0 unspecified atom stereocenters. The third kappa shape index (κ3) is 3.52. The van der Waals surface area contributed by atoms with Crippen molar-refractivity contribution in [3.63, 3.8) is 0 Å². The molecular formula is C27H25IN4O6. The first-order valence-electron chi connectivity index (χ1n) is 12.3. The van der Waals surface area contributed by atoms with Crippen molar-refractivity contribution >= 4 is 56.6 Å². The maximum atomic E-state index is 13.7. The number of fused-ring (bicyclic) bond motifs is 5. The summed E-state index contributed by atoms with van der Waals surface area (Å²) in [6.07, 6.45) is 2.60. The number of carbonyl (C=O) groups excluding carboxylic acids is 2. The molecule has 0 bridgehead atoms. The van der Waals surface area contributed by atoms with E-state index < -0.39 is 18.2 Å². The van der Waals surface area contributed by atoms with Crippen LogP contribution in [0.25, 0.3) is 27.9 Å². The Labute approximate surface area is 230 Å². The van der Waals surface area contributed by atoms with Crippen molar-refractivity contribution in [3.8, 4) is 11.4 Å². The number of pyridine rings is 2. The highest BCUT2D eigenvalue weighted by atomic mass is 127. The summed E-state index contributed by atoms with van der Waals surface area (Å²) in [5.74, 6) is -1.09. The number of nitrogen functional groups attached to an aromatic ring is 1. The summed E-state index contributed by atoms with van der Waals surface area (Å²) in [6.45, 7) is 2.01. The first-order chi connectivity index (χ1) is 18.2. The lowest BCUT2D eigenvalue weighted by Crippen LogP contribution is -2.44. The summed E-state index contributed by atoms with van der Waals surface area (Å²) in [5, 5.41) is 21.3. The van der Waals surface area contributed by atoms with Crippen molar-refractivity contribution < 1.29 is 24.5 Å². The predicted molar refractivity (Wildman–Crippen MR) is 148 cm³/mol. The number of ether oxygens (including phenoxy) is 1. The van der Waals surface area contributed by atoms with E-state index in [0.29, 0.717) is 42.1 Å². The lowest BCUT2D eigenvalue weighted by molar-refractivity contribution is -0.172. The van der Waals surface area contributed by atoms with Gasteiger partial charge in [-0.3, -0.25) is 9.59 Å². The molecule has 0 saturated heterocycles. The Morgan fingerprint density at radius 3 is 2.74 bits per heavy atom. The normalized spacial score (nSPS) is 20.1. The molecule has 4 N–H and O–H groups in total. The van der Waals surface area contributed by atoms with E-state index in [1.807, 2.05) is 18.2 Å². The van der Waals surface area contributed by atoms with Gasteiger partial charge in [0.2, 0.25) is 5.91 Å². The van der Waals surface area contributed by atoms with Gasteiger partial charge < -0.3 is 30.2 Å². The number of amides is 1. The molecule has 5 heterocycles. The third-order valence-electron chi connectivity index (χ3n) is 7.82. The SMILES string of the molecule is CC[C@@]1(O)C(=O)OCc2c1cc1n(c2=O)Cc2c-1nc1cc(I)c(N)cc1c2C1=CCN(C(=O)CO)CC1. The zero-order chi connectivity index (χ0) is 26.9. The number of hydrogen-bond donors (Lipinski definition) is 3. The third-order valence-corrected chi connectivity index (χ3v) is 8.76. The summed E-state index contributed by atoms with van der Waals surface area (Å²) >= 11 is 2.16. The van der Waals surface area contributed by atoms with Crippen LogP contribution in [0.2, 0.25) is 0 Å². The zero-order valence-electron chi connectivity index (χ0n) is 20.6. The maximum absolute atomic E-state index is 13.7. The Hall–Kier alpha value is -3.29. The van der Waals surface area contributed by atoms with Crippen LogP contribution in [0.3, 0.4) is 0 Å². The molecule has 1 aromatic carbocycles. The Morgan fingerprint density at radius 2 is 2.05 bits per heavy atom. The fraction of sp³-hybridized carbons (Fsp3) is 0.333. The van der Waals surface area contributed by atoms with Crippen LogP contribution >= 0.6 is 22.6 Å². The number of anilines is 1. The van der Waals surface area contributed by atoms with Gasteiger partial charge in [-0.05, 0) is 64.8 Å². The van der Waals surface area contributed by atoms with E-state index in [0.717, 1.165) is 25.7 Å². The number of nitrogens with zero attached hydrogens (tertiary/aromatic N) is 3. The van der Waals surface area contributed by atoms with Gasteiger partial charge in [-0.1, -0.05) is 13.0 Å². The molecule has 3 aliphatic heterocycles. The smallest absolute Gasteiger partial charge is 0.343 e. The number of cyclic esters (lactones) is 1. The minimum atomic E-state index is -1.90. The van der Waals surface area contributed by atoms with Crippen LogP contribution in [-0.2, 0) is 33.1 Å². The van der Waals surface area contributed by atoms with E-state index in [9.17, 15) is 24.6 Å². The van der Waals surface area contributed by atoms with Crippen LogP contribution in [-0.4, -0.2) is 56.2 Å². The summed E-state index contributed by atoms with van der Waals surface area (Å²) in [4.78, 5) is 44.7. The molecule has 10 nitrogen and oxygen atoms in total. The number of aromatic nitrogens is 2. The van der Waals surface area contributed by atoms with E-state index >= 15 is 0 Å². The number of nitrogens with two attached hydrogens (primary N) is 1. The Bertz CT molecular complexity index is 1660. The number of esters is 1. The van der Waals surface area contributed by atoms with E-state index in [1.54, 1.807) is 22.5 Å². The molecule has 0 fully saturated rings. The van der Waals surface area contributed by atoms with E-state index in [2.05, 4.69) is 22.6 Å². The van der Waals surface area contributed by atoms with Crippen LogP contribution in [0.5, 0.6) is 0 Å². The molecule has 196 valence electrons. The molecule has 1 atom stereocenters. The molecular weight excluding hydrogens is 603 g/mol. The van der Waals surface area contributed by atoms with Crippen molar-refractivity contribution in [3.05, 3.63) is 60.5 Å². The topological polar surface area (TPSA) is 148 Å². The highest BCUT2D eigenvalue weighted by Gasteiger charge is 2.45. The molecule has 2 aromatic heterocycles. The molecule has 0 spiro atoms. The molecule has 6 rings (SSSR count). The number of carbonyl (C=O) groups is 2. The van der Waals surface area contributed by atoms with Crippen LogP contribution in [0.1, 0.15) is 42.0 Å². The summed E-state index contributed by atoms with van der Waals surface area (Å²) in [5.41, 5.74) is 9.84. The summed E-state index contributed by atoms with van der Waals surface area (Å²) < 4.78 is 7.64. The lowest BCUT2D eigenvalue weighted by Gasteiger charge is -2.31. The summed E-state index contributed by atoms with van der Waals surface area (Å²) in [6, 6.07) is 5.50. The number of rotatable bonds is 3. The number of halogens is 1. The minimum absolute atomic E-state index is 0.0679. The molecule has 0 radical (unpaired) electrons. The Balaban J connectivity index is 1.60. The standard InChI is InChI=1S/C27H25IN4O6/c1-2-27(37)17-8-21-24-15(10-32(21)25(35)16(17)12-38-26(27)36)23(13-3-5-31(6-4-13)22(34)11-33)14-7-19(29)18(28)9-20(14)30-24/h3,7-9,33,37H,2,4-6,10-12,29H2,1H3/t27-/m0/s1. The molecule has 11 heteroatoms. The highest BCUT2D eigenvalue weighted by molar-refractivity contribution is 14.1. The van der Waals surface area contributed by atoms with E-state index in [-0.39, 0.29) is 42.2 Å². The summed E-state index contributed by atoms with van der Waals surface area (Å²) in [7, 11) is 0. The van der Waals surface area contributed by atoms with Crippen molar-refractivity contribution in [1.29, 1.82) is 0 Å². The number of aliphatic hydroxyl groups is 2. The van der Waals surface area contributed by atoms with E-state index in [4.69, 9.17) is 15.5 Å². The highest BCUT2D eigenvalue weighted by Crippen LogP contribution is 2.43. The first kappa shape index (κ1) is 25.0. The number of hydrogen-bond acceptors (Lipinski definition) is 8. The molecule has 3 aliphatic rings. The maximum Gasteiger partial charge on any atom is 0.343 e. The van der Waals surface area contributed by atoms with Crippen LogP contribution in [0, 0.1) is 3.57 Å². The van der Waals surface area contributed by atoms with Gasteiger partial charge in [0.15, 0.2) is 5.60 Å². The van der Waals surface area contributed by atoms with Crippen LogP contribution < -0.4 is 11.3 Å². The van der Waals surface area contributed by atoms with Crippen molar-refractivity contribution in [1.82, 2.24) is 14.5 Å². The molecule has 3 aromatic rings. The quantitative estimate of drug-likeness (QED) is 0.177. The second-order valence-corrected chi connectivity index (χ2v) is 10.9. The fourth-order valence-corrected chi connectivity index (χ4v) is 6.16. The Morgan fingerprint density at radius 1 is 1.26 bits per heavy atom. The van der Waals surface area contributed by atoms with Gasteiger partial charge in [-0.15, -0.1) is 0 Å². The van der Waals surface area contributed by atoms with Gasteiger partial charge in [0, 0.05) is 38.9 Å². The largest absolute Gasteiger partial charge is 0.458 e. The van der Waals surface area contributed by atoms with Crippen molar-refractivity contribution in [2.24, 2.45) is 0 Å². The van der Waals surface area contributed by atoms with Gasteiger partial charge >= 0.3 is 5.97 Å². The van der Waals surface area contributed by atoms with Gasteiger partial charge in [-0.25, -0.2) is 9.78 Å². The molecule has 0 saturated carbocycles. The second kappa shape index (κ2) is 8.89. The molecule has 1 amide bonds. The van der Waals surface area contributed by atoms with Gasteiger partial charge in [0.1, 0.15) is 13.2 Å². The molecule has 38 heavy (non-hydrogen) atoms.